The van der Waals surface area contributed by atoms with Gasteiger partial charge in [0.25, 0.3) is 0 Å². The maximum atomic E-state index is 11.7. The molecular formula is C15H16N2O4. The lowest BCUT2D eigenvalue weighted by Crippen LogP contribution is -2.31. The van der Waals surface area contributed by atoms with E-state index in [1.807, 2.05) is 0 Å². The molecule has 0 saturated heterocycles. The molecule has 0 fully saturated rings. The van der Waals surface area contributed by atoms with Gasteiger partial charge in [-0.2, -0.15) is 5.26 Å². The number of nitriles is 1. The number of benzene rings is 1. The van der Waals surface area contributed by atoms with Crippen molar-refractivity contribution in [2.45, 2.75) is 13.8 Å². The fourth-order valence-corrected chi connectivity index (χ4v) is 1.65. The molecule has 1 rings (SSSR count). The molecule has 0 aliphatic carbocycles. The number of hydrogen-bond acceptors (Lipinski definition) is 5. The zero-order valence-electron chi connectivity index (χ0n) is 11.9. The molecule has 1 amide bonds. The molecule has 0 radical (unpaired) electrons. The third-order valence-corrected chi connectivity index (χ3v) is 2.64. The first-order valence-corrected chi connectivity index (χ1v) is 6.33. The van der Waals surface area contributed by atoms with Crippen LogP contribution in [-0.4, -0.2) is 30.1 Å². The third kappa shape index (κ3) is 4.35. The van der Waals surface area contributed by atoms with E-state index >= 15 is 0 Å². The number of amides is 1. The summed E-state index contributed by atoms with van der Waals surface area (Å²) in [6, 6.07) is 10.2. The molecule has 6 nitrogen and oxygen atoms in total. The lowest BCUT2D eigenvalue weighted by molar-refractivity contribution is -0.138. The van der Waals surface area contributed by atoms with Crippen LogP contribution < -0.4 is 4.90 Å². The number of hydrogen-bond donors (Lipinski definition) is 1. The number of esters is 1. The Morgan fingerprint density at radius 2 is 1.95 bits per heavy atom. The monoisotopic (exact) mass is 288 g/mol. The van der Waals surface area contributed by atoms with Crippen LogP contribution in [0, 0.1) is 11.3 Å². The summed E-state index contributed by atoms with van der Waals surface area (Å²) < 4.78 is 4.68. The molecule has 0 heterocycles. The van der Waals surface area contributed by atoms with E-state index < -0.39 is 17.3 Å². The summed E-state index contributed by atoms with van der Waals surface area (Å²) >= 11 is 0. The van der Waals surface area contributed by atoms with Crippen LogP contribution in [0.5, 0.6) is 0 Å². The maximum absolute atomic E-state index is 11.7. The van der Waals surface area contributed by atoms with Gasteiger partial charge in [0, 0.05) is 12.6 Å². The molecule has 1 N–H and O–H groups in total. The molecule has 1 aromatic carbocycles. The first kappa shape index (κ1) is 16.2. The number of rotatable bonds is 5. The molecule has 0 unspecified atom stereocenters. The lowest BCUT2D eigenvalue weighted by Gasteiger charge is -2.21. The van der Waals surface area contributed by atoms with Gasteiger partial charge < -0.3 is 14.7 Å². The smallest absolute Gasteiger partial charge is 0.352 e. The molecule has 0 atom stereocenters. The van der Waals surface area contributed by atoms with Crippen LogP contribution in [0.2, 0.25) is 0 Å². The molecule has 0 aliphatic rings. The van der Waals surface area contributed by atoms with Crippen LogP contribution >= 0.6 is 0 Å². The van der Waals surface area contributed by atoms with Gasteiger partial charge in [0.15, 0.2) is 5.57 Å². The van der Waals surface area contributed by atoms with Crippen LogP contribution in [0.15, 0.2) is 41.7 Å². The zero-order chi connectivity index (χ0) is 15.8. The van der Waals surface area contributed by atoms with Gasteiger partial charge in [-0.05, 0) is 19.1 Å². The van der Waals surface area contributed by atoms with E-state index in [0.29, 0.717) is 5.69 Å². The Balaban J connectivity index is 3.06. The molecule has 0 aliphatic heterocycles. The first-order chi connectivity index (χ1) is 10.0. The second-order valence-corrected chi connectivity index (χ2v) is 4.09. The predicted octanol–water partition coefficient (Wildman–Crippen LogP) is 1.94. The Morgan fingerprint density at radius 3 is 2.43 bits per heavy atom. The van der Waals surface area contributed by atoms with Crippen LogP contribution in [0.25, 0.3) is 0 Å². The minimum atomic E-state index is -0.908. The first-order valence-electron chi connectivity index (χ1n) is 6.33. The Morgan fingerprint density at radius 1 is 1.33 bits per heavy atom. The largest absolute Gasteiger partial charge is 0.509 e. The van der Waals surface area contributed by atoms with Gasteiger partial charge in [0.1, 0.15) is 11.8 Å². The minimum absolute atomic E-state index is 0.0897. The van der Waals surface area contributed by atoms with Gasteiger partial charge in [-0.15, -0.1) is 0 Å². The number of carbonyl (C=O) groups excluding carboxylic acids is 2. The Labute approximate surface area is 122 Å². The highest BCUT2D eigenvalue weighted by molar-refractivity contribution is 5.95. The standard InChI is InChI=1S/C15H16N2O4/c1-3-21-15(20)13(9-16)14(19)10-17(11(2)18)12-7-5-4-6-8-12/h4-8,19H,3,10H2,1-2H3/b14-13+. The average Bonchev–Trinajstić information content (AvgIpc) is 2.46. The number of carbonyl (C=O) groups is 2. The summed E-state index contributed by atoms with van der Waals surface area (Å²) in [5.41, 5.74) is 0.0525. The van der Waals surface area contributed by atoms with Gasteiger partial charge in [0.05, 0.1) is 13.2 Å². The van der Waals surface area contributed by atoms with E-state index in [1.165, 1.54) is 11.8 Å². The van der Waals surface area contributed by atoms with Crippen LogP contribution in [-0.2, 0) is 14.3 Å². The number of para-hydroxylation sites is 1. The van der Waals surface area contributed by atoms with Crippen molar-refractivity contribution in [3.8, 4) is 6.07 Å². The molecule has 0 spiro atoms. The number of aliphatic hydroxyl groups excluding tert-OH is 1. The number of ether oxygens (including phenoxy) is 1. The van der Waals surface area contributed by atoms with Crippen molar-refractivity contribution in [1.29, 1.82) is 5.26 Å². The zero-order valence-corrected chi connectivity index (χ0v) is 11.9. The van der Waals surface area contributed by atoms with E-state index in [0.717, 1.165) is 0 Å². The average molecular weight is 288 g/mol. The van der Waals surface area contributed by atoms with Crippen molar-refractivity contribution < 1.29 is 19.4 Å². The third-order valence-electron chi connectivity index (χ3n) is 2.64. The Bertz CT molecular complexity index is 587. The Hall–Kier alpha value is -2.81. The van der Waals surface area contributed by atoms with Gasteiger partial charge in [-0.3, -0.25) is 4.79 Å². The molecule has 1 aromatic rings. The summed E-state index contributed by atoms with van der Waals surface area (Å²) in [6.45, 7) is 2.74. The molecule has 110 valence electrons. The lowest BCUT2D eigenvalue weighted by atomic mass is 10.2. The van der Waals surface area contributed by atoms with E-state index in [1.54, 1.807) is 43.3 Å². The van der Waals surface area contributed by atoms with E-state index in [-0.39, 0.29) is 19.1 Å². The van der Waals surface area contributed by atoms with Crippen LogP contribution in [0.4, 0.5) is 5.69 Å². The molecule has 0 saturated carbocycles. The van der Waals surface area contributed by atoms with Crippen molar-refractivity contribution in [3.05, 3.63) is 41.7 Å². The van der Waals surface area contributed by atoms with Crippen molar-refractivity contribution in [2.75, 3.05) is 18.1 Å². The van der Waals surface area contributed by atoms with Crippen LogP contribution in [0.3, 0.4) is 0 Å². The summed E-state index contributed by atoms with van der Waals surface area (Å²) in [5, 5.41) is 18.9. The molecule has 0 bridgehead atoms. The second-order valence-electron chi connectivity index (χ2n) is 4.09. The highest BCUT2D eigenvalue weighted by atomic mass is 16.5. The number of aliphatic hydroxyl groups is 1. The van der Waals surface area contributed by atoms with Crippen molar-refractivity contribution in [1.82, 2.24) is 0 Å². The molecular weight excluding hydrogens is 272 g/mol. The summed E-state index contributed by atoms with van der Waals surface area (Å²) in [6.07, 6.45) is 0. The number of nitrogens with zero attached hydrogens (tertiary/aromatic N) is 2. The van der Waals surface area contributed by atoms with Crippen molar-refractivity contribution in [3.63, 3.8) is 0 Å². The normalized spacial score (nSPS) is 11.1. The topological polar surface area (TPSA) is 90.6 Å². The number of anilines is 1. The van der Waals surface area contributed by atoms with Crippen molar-refractivity contribution in [2.24, 2.45) is 0 Å². The van der Waals surface area contributed by atoms with Crippen LogP contribution in [0.1, 0.15) is 13.8 Å². The Kier molecular flexibility index (Phi) is 5.96. The highest BCUT2D eigenvalue weighted by Crippen LogP contribution is 2.16. The van der Waals surface area contributed by atoms with Gasteiger partial charge in [0.2, 0.25) is 5.91 Å². The van der Waals surface area contributed by atoms with Gasteiger partial charge in [-0.25, -0.2) is 4.79 Å². The van der Waals surface area contributed by atoms with Crippen molar-refractivity contribution >= 4 is 17.6 Å². The maximum Gasteiger partial charge on any atom is 0.352 e. The van der Waals surface area contributed by atoms with E-state index in [2.05, 4.69) is 4.74 Å². The SMILES string of the molecule is CCOC(=O)/C(C#N)=C(/O)CN(C(C)=O)c1ccccc1. The predicted molar refractivity (Wildman–Crippen MR) is 76.4 cm³/mol. The van der Waals surface area contributed by atoms with E-state index in [4.69, 9.17) is 5.26 Å². The quantitative estimate of drug-likeness (QED) is 0.387. The fourth-order valence-electron chi connectivity index (χ4n) is 1.65. The highest BCUT2D eigenvalue weighted by Gasteiger charge is 2.20. The van der Waals surface area contributed by atoms with E-state index in [9.17, 15) is 14.7 Å². The summed E-state index contributed by atoms with van der Waals surface area (Å²) in [4.78, 5) is 24.5. The molecule has 21 heavy (non-hydrogen) atoms. The molecule has 0 aromatic heterocycles. The fraction of sp³-hybridized carbons (Fsp3) is 0.267. The molecule has 6 heteroatoms. The second kappa shape index (κ2) is 7.70. The summed E-state index contributed by atoms with van der Waals surface area (Å²) in [7, 11) is 0. The minimum Gasteiger partial charge on any atom is -0.509 e. The van der Waals surface area contributed by atoms with Gasteiger partial charge in [-0.1, -0.05) is 18.2 Å². The summed E-state index contributed by atoms with van der Waals surface area (Å²) in [5.74, 6) is -1.74. The van der Waals surface area contributed by atoms with Gasteiger partial charge >= 0.3 is 5.97 Å².